The molecule has 0 aliphatic carbocycles. The van der Waals surface area contributed by atoms with Crippen LogP contribution >= 0.6 is 0 Å². The Balaban J connectivity index is 2.21. The number of carbonyl (C=O) groups excluding carboxylic acids is 2. The Bertz CT molecular complexity index is 3680. The normalized spacial score (nSPS) is 15.3. The van der Waals surface area contributed by atoms with Gasteiger partial charge in [-0.05, 0) is 67.0 Å². The quantitative estimate of drug-likeness (QED) is 0.0318. The lowest BCUT2D eigenvalue weighted by molar-refractivity contribution is -0.461. The molecule has 0 saturated carbocycles. The highest BCUT2D eigenvalue weighted by Crippen LogP contribution is 2.69. The van der Waals surface area contributed by atoms with Crippen LogP contribution in [0.5, 0.6) is 17.2 Å². The summed E-state index contributed by atoms with van der Waals surface area (Å²) >= 11 is 0. The lowest BCUT2D eigenvalue weighted by atomic mass is 9.88. The molecule has 0 amide bonds. The number of rotatable bonds is 42. The van der Waals surface area contributed by atoms with E-state index in [-0.39, 0.29) is 17.7 Å². The van der Waals surface area contributed by atoms with Gasteiger partial charge in [0.05, 0.1) is 31.8 Å². The summed E-state index contributed by atoms with van der Waals surface area (Å²) in [4.78, 5) is 26.1. The van der Waals surface area contributed by atoms with Gasteiger partial charge in [-0.25, -0.2) is 4.79 Å². The maximum atomic E-state index is 14.8. The molecule has 666 valence electrons. The third kappa shape index (κ3) is 17.2. The Labute approximate surface area is 602 Å². The van der Waals surface area contributed by atoms with Gasteiger partial charge in [0.1, 0.15) is 13.2 Å². The first-order valence-corrected chi connectivity index (χ1v) is 29.8. The summed E-state index contributed by atoms with van der Waals surface area (Å²) in [6, 6.07) is 10.3. The van der Waals surface area contributed by atoms with Crippen molar-refractivity contribution in [2.45, 2.75) is 207 Å². The van der Waals surface area contributed by atoms with Crippen LogP contribution in [0.4, 0.5) is 224 Å². The summed E-state index contributed by atoms with van der Waals surface area (Å²) in [5, 5.41) is 0.932. The van der Waals surface area contributed by atoms with E-state index in [4.69, 9.17) is 23.7 Å². The van der Waals surface area contributed by atoms with E-state index in [0.717, 1.165) is 0 Å². The van der Waals surface area contributed by atoms with E-state index in [0.29, 0.717) is 10.8 Å². The molecule has 3 rings (SSSR count). The number of benzene rings is 3. The number of esters is 2. The minimum Gasteiger partial charge on any atom is -0.490 e. The van der Waals surface area contributed by atoms with Gasteiger partial charge in [0.25, 0.3) is 0 Å². The molecule has 0 spiro atoms. The molecule has 3 aromatic carbocycles. The van der Waals surface area contributed by atoms with Crippen LogP contribution in [-0.4, -0.2) is 188 Å². The lowest BCUT2D eigenvalue weighted by Gasteiger charge is -2.42. The number of fused-ring (bicyclic) bond motifs is 1. The van der Waals surface area contributed by atoms with Crippen molar-refractivity contribution in [3.8, 4) is 17.2 Å². The zero-order chi connectivity index (χ0) is 90.7. The summed E-state index contributed by atoms with van der Waals surface area (Å²) in [5.41, 5.74) is -1.18. The van der Waals surface area contributed by atoms with Crippen LogP contribution < -0.4 is 14.2 Å². The fraction of sp³-hybridized carbons (Fsp3) is 0.684. The first kappa shape index (κ1) is 102. The highest BCUT2D eigenvalue weighted by Gasteiger charge is 2.98. The average Bonchev–Trinajstić information content (AvgIpc) is 0.704. The lowest BCUT2D eigenvalue weighted by Crippen LogP contribution is -2.74. The Hall–Kier alpha value is -7.31. The fourth-order valence-electron chi connectivity index (χ4n) is 9.02. The second-order valence-electron chi connectivity index (χ2n) is 23.8. The van der Waals surface area contributed by atoms with E-state index in [1.807, 2.05) is 0 Å². The third-order valence-corrected chi connectivity index (χ3v) is 15.8. The molecule has 0 N–H and O–H groups in total. The summed E-state index contributed by atoms with van der Waals surface area (Å²) in [6.45, 7) is -7.97. The minimum atomic E-state index is -9.16. The van der Waals surface area contributed by atoms with Gasteiger partial charge in [-0.3, -0.25) is 4.79 Å². The maximum absolute atomic E-state index is 14.8. The number of halogens is 51. The number of ether oxygens (including phenoxy) is 5. The van der Waals surface area contributed by atoms with Crippen molar-refractivity contribution in [2.75, 3.05) is 33.0 Å². The van der Waals surface area contributed by atoms with Gasteiger partial charge in [-0.15, -0.1) is 0 Å². The predicted molar refractivity (Wildman–Crippen MR) is 275 cm³/mol. The van der Waals surface area contributed by atoms with Gasteiger partial charge in [0, 0.05) is 19.3 Å². The van der Waals surface area contributed by atoms with Crippen molar-refractivity contribution in [3.05, 3.63) is 65.7 Å². The Morgan fingerprint density at radius 3 is 0.809 bits per heavy atom. The molecule has 0 aromatic heterocycles. The predicted octanol–water partition coefficient (Wildman–Crippen LogP) is 23.5. The van der Waals surface area contributed by atoms with Crippen LogP contribution in [0.2, 0.25) is 0 Å². The number of hydrogen-bond donors (Lipinski definition) is 0. The summed E-state index contributed by atoms with van der Waals surface area (Å²) in [6.07, 6.45) is -47.1. The largest absolute Gasteiger partial charge is 0.490 e. The van der Waals surface area contributed by atoms with Crippen molar-refractivity contribution in [1.29, 1.82) is 0 Å². The minimum absolute atomic E-state index is 0.0240. The van der Waals surface area contributed by atoms with Crippen LogP contribution in [0.25, 0.3) is 10.8 Å². The molecule has 0 bridgehead atoms. The van der Waals surface area contributed by atoms with Crippen LogP contribution in [-0.2, 0) is 20.7 Å². The molecule has 3 aromatic rings. The molecule has 58 heteroatoms. The topological polar surface area (TPSA) is 80.3 Å². The first-order valence-electron chi connectivity index (χ1n) is 29.8. The molecular formula is C57H39F51O7. The smallest absolute Gasteiger partial charge is 0.460 e. The van der Waals surface area contributed by atoms with Gasteiger partial charge in [0.2, 0.25) is 5.75 Å². The molecular weight excluding hydrogens is 1770 g/mol. The van der Waals surface area contributed by atoms with E-state index in [2.05, 4.69) is 0 Å². The fourth-order valence-corrected chi connectivity index (χ4v) is 9.02. The first-order chi connectivity index (χ1) is 50.8. The van der Waals surface area contributed by atoms with Gasteiger partial charge in [0.15, 0.2) is 11.5 Å². The maximum Gasteiger partial charge on any atom is 0.460 e. The molecule has 0 unspecified atom stereocenters. The Morgan fingerprint density at radius 2 is 0.513 bits per heavy atom. The second kappa shape index (κ2) is 32.1. The van der Waals surface area contributed by atoms with E-state index < -0.39 is 275 Å². The van der Waals surface area contributed by atoms with Crippen LogP contribution in [0.1, 0.15) is 73.7 Å². The van der Waals surface area contributed by atoms with Gasteiger partial charge >= 0.3 is 155 Å². The van der Waals surface area contributed by atoms with E-state index in [1.165, 1.54) is 30.3 Å². The van der Waals surface area contributed by atoms with Crippen molar-refractivity contribution in [1.82, 2.24) is 0 Å². The van der Waals surface area contributed by atoms with Crippen molar-refractivity contribution < 1.29 is 257 Å². The Kier molecular flexibility index (Phi) is 28.4. The molecule has 0 saturated heterocycles. The molecule has 0 atom stereocenters. The molecule has 115 heavy (non-hydrogen) atoms. The molecule has 0 aliphatic rings. The standard InChI is InChI=1S/C57H39F51O7/c58-34(59,37(64,65)40(70,71)43(76,77)46(82,83)49(88,89)52(94,95)55(100,101)102)14-3-6-17-111-29-22-27(33(110)115-21-20-113-31(109)24-26-12-9-11-25-10-1-2-13-28(25)26)23-30(112-18-7-4-15-35(60,61)38(66,67)41(72,73)44(78,79)47(84,85)50(90,91)53(96,97)56(103,104)105)32(29)114-19-8-5-16-36(62,63)39(68,69)42(74,75)45(80,81)48(86,87)51(92,93)54(98,99)57(106,107)108/h1-2,9-13,22-23H,3-8,14-21,24H2. The van der Waals surface area contributed by atoms with Crippen LogP contribution in [0, 0.1) is 0 Å². The zero-order valence-electron chi connectivity index (χ0n) is 54.4. The molecule has 0 aliphatic heterocycles. The molecule has 0 heterocycles. The van der Waals surface area contributed by atoms with Crippen molar-refractivity contribution in [2.24, 2.45) is 0 Å². The van der Waals surface area contributed by atoms with E-state index in [1.54, 1.807) is 12.1 Å². The number of hydrogen-bond acceptors (Lipinski definition) is 7. The summed E-state index contributed by atoms with van der Waals surface area (Å²) < 4.78 is 733. The Morgan fingerprint density at radius 1 is 0.261 bits per heavy atom. The molecule has 0 radical (unpaired) electrons. The number of carbonyl (C=O) groups is 2. The average molecular weight is 1800 g/mol. The molecule has 7 nitrogen and oxygen atoms in total. The van der Waals surface area contributed by atoms with Crippen LogP contribution in [0.15, 0.2) is 54.6 Å². The van der Waals surface area contributed by atoms with E-state index >= 15 is 0 Å². The monoisotopic (exact) mass is 1800 g/mol. The van der Waals surface area contributed by atoms with Gasteiger partial charge in [-0.1, -0.05) is 42.5 Å². The van der Waals surface area contributed by atoms with E-state index in [9.17, 15) is 234 Å². The second-order valence-corrected chi connectivity index (χ2v) is 23.8. The third-order valence-electron chi connectivity index (χ3n) is 15.8. The van der Waals surface area contributed by atoms with Gasteiger partial charge in [-0.2, -0.15) is 224 Å². The number of alkyl halides is 51. The summed E-state index contributed by atoms with van der Waals surface area (Å²) in [5.74, 6) is -190. The van der Waals surface area contributed by atoms with Crippen molar-refractivity contribution in [3.63, 3.8) is 0 Å². The van der Waals surface area contributed by atoms with Gasteiger partial charge < -0.3 is 23.7 Å². The van der Waals surface area contributed by atoms with Crippen LogP contribution in [0.3, 0.4) is 0 Å². The van der Waals surface area contributed by atoms with Crippen molar-refractivity contribution >= 4 is 22.7 Å². The number of unbranched alkanes of at least 4 members (excludes halogenated alkanes) is 3. The highest BCUT2D eigenvalue weighted by atomic mass is 19.5. The SMILES string of the molecule is O=C(Cc1cccc2ccccc12)OCCOC(=O)c1cc(OCCCCC(F)(F)C(F)(F)C(F)(F)C(F)(F)C(F)(F)C(F)(F)C(F)(F)C(F)(F)F)c(OCCCCC(F)(F)C(F)(F)C(F)(F)C(F)(F)C(F)(F)C(F)(F)C(F)(F)C(F)(F)F)c(OCCCCC(F)(F)C(F)(F)C(F)(F)C(F)(F)C(F)(F)C(F)(F)C(F)(F)C(F)(F)F)c1. The molecule has 0 fully saturated rings. The zero-order valence-corrected chi connectivity index (χ0v) is 54.4. The highest BCUT2D eigenvalue weighted by molar-refractivity contribution is 5.91. The summed E-state index contributed by atoms with van der Waals surface area (Å²) in [7, 11) is 0.